The summed E-state index contributed by atoms with van der Waals surface area (Å²) in [5.41, 5.74) is 1.19. The molecule has 0 fully saturated rings. The lowest BCUT2D eigenvalue weighted by atomic mass is 10.1. The number of fused-ring (bicyclic) bond motifs is 1. The molecule has 1 heterocycles. The number of nitrogens with zero attached hydrogens (tertiary/aromatic N) is 1. The fourth-order valence-electron chi connectivity index (χ4n) is 1.15. The van der Waals surface area contributed by atoms with E-state index in [0.717, 1.165) is 0 Å². The summed E-state index contributed by atoms with van der Waals surface area (Å²) < 4.78 is 1.34. The lowest BCUT2D eigenvalue weighted by Gasteiger charge is -2.03. The molecular weight excluding hydrogens is 269 g/mol. The van der Waals surface area contributed by atoms with E-state index in [4.69, 9.17) is 0 Å². The van der Waals surface area contributed by atoms with Crippen molar-refractivity contribution in [3.05, 3.63) is 29.8 Å². The van der Waals surface area contributed by atoms with Gasteiger partial charge in [0.15, 0.2) is 0 Å². The fraction of sp³-hybridized carbons (Fsp3) is 0. The summed E-state index contributed by atoms with van der Waals surface area (Å²) in [6, 6.07) is 6.97. The Kier molecular flexibility index (Phi) is 1.64. The third kappa shape index (κ3) is 0.874. The van der Waals surface area contributed by atoms with Crippen molar-refractivity contribution in [2.75, 3.05) is 3.11 Å². The quantitative estimate of drug-likeness (QED) is 0.408. The molecule has 1 amide bonds. The zero-order chi connectivity index (χ0) is 8.72. The summed E-state index contributed by atoms with van der Waals surface area (Å²) in [5, 5.41) is 0. The molecule has 3 nitrogen and oxygen atoms in total. The zero-order valence-corrected chi connectivity index (χ0v) is 8.11. The second-order valence-corrected chi connectivity index (χ2v) is 3.40. The Labute approximate surface area is 82.9 Å². The van der Waals surface area contributed by atoms with E-state index >= 15 is 0 Å². The number of amides is 1. The number of ketones is 1. The first-order chi connectivity index (χ1) is 5.72. The van der Waals surface area contributed by atoms with Gasteiger partial charge in [-0.2, -0.15) is 0 Å². The van der Waals surface area contributed by atoms with Crippen LogP contribution in [-0.2, 0) is 4.79 Å². The Bertz CT molecular complexity index is 375. The highest BCUT2D eigenvalue weighted by Crippen LogP contribution is 2.30. The first kappa shape index (κ1) is 7.72. The van der Waals surface area contributed by atoms with Gasteiger partial charge in [-0.05, 0) is 12.1 Å². The van der Waals surface area contributed by atoms with E-state index in [0.29, 0.717) is 11.3 Å². The molecule has 1 aromatic carbocycles. The maximum atomic E-state index is 11.2. The molecule has 0 saturated heterocycles. The Morgan fingerprint density at radius 2 is 1.83 bits per heavy atom. The number of carbonyl (C=O) groups is 2. The molecule has 0 atom stereocenters. The molecule has 0 radical (unpaired) electrons. The molecule has 0 N–H and O–H groups in total. The maximum Gasteiger partial charge on any atom is 0.308 e. The van der Waals surface area contributed by atoms with Crippen LogP contribution < -0.4 is 3.11 Å². The van der Waals surface area contributed by atoms with E-state index in [9.17, 15) is 9.59 Å². The molecule has 0 bridgehead atoms. The van der Waals surface area contributed by atoms with Gasteiger partial charge in [-0.25, -0.2) is 3.11 Å². The molecular formula is C8H4INO2. The van der Waals surface area contributed by atoms with Gasteiger partial charge in [-0.15, -0.1) is 0 Å². The van der Waals surface area contributed by atoms with E-state index in [2.05, 4.69) is 0 Å². The Balaban J connectivity index is 2.67. The molecule has 1 aliphatic heterocycles. The molecule has 0 aromatic heterocycles. The molecule has 1 aliphatic rings. The molecule has 2 rings (SSSR count). The highest BCUT2D eigenvalue weighted by atomic mass is 127. The van der Waals surface area contributed by atoms with Crippen LogP contribution in [0.4, 0.5) is 5.69 Å². The van der Waals surface area contributed by atoms with Gasteiger partial charge in [-0.1, -0.05) is 12.1 Å². The number of Topliss-reactive ketones (excluding diaryl/α,β-unsaturated/α-hetero) is 1. The summed E-state index contributed by atoms with van der Waals surface area (Å²) >= 11 is 1.83. The van der Waals surface area contributed by atoms with Crippen molar-refractivity contribution in [3.8, 4) is 0 Å². The molecule has 60 valence electrons. The number of para-hydroxylation sites is 1. The van der Waals surface area contributed by atoms with Crippen LogP contribution in [0.1, 0.15) is 10.4 Å². The first-order valence-electron chi connectivity index (χ1n) is 3.35. The van der Waals surface area contributed by atoms with Crippen LogP contribution in [-0.4, -0.2) is 11.7 Å². The highest BCUT2D eigenvalue weighted by Gasteiger charge is 2.33. The summed E-state index contributed by atoms with van der Waals surface area (Å²) in [7, 11) is 0. The second-order valence-electron chi connectivity index (χ2n) is 2.43. The highest BCUT2D eigenvalue weighted by molar-refractivity contribution is 14.1. The number of anilines is 1. The molecule has 0 unspecified atom stereocenters. The molecule has 4 heteroatoms. The smallest absolute Gasteiger partial charge is 0.283 e. The zero-order valence-electron chi connectivity index (χ0n) is 5.95. The van der Waals surface area contributed by atoms with Gasteiger partial charge in [-0.3, -0.25) is 9.59 Å². The van der Waals surface area contributed by atoms with E-state index in [1.165, 1.54) is 3.11 Å². The van der Waals surface area contributed by atoms with Gasteiger partial charge in [0.05, 0.1) is 34.1 Å². The lowest BCUT2D eigenvalue weighted by Crippen LogP contribution is -2.18. The van der Waals surface area contributed by atoms with Crippen molar-refractivity contribution in [2.45, 2.75) is 0 Å². The number of hydrogen-bond acceptors (Lipinski definition) is 2. The van der Waals surface area contributed by atoms with Crippen LogP contribution in [0.2, 0.25) is 0 Å². The van der Waals surface area contributed by atoms with Gasteiger partial charge >= 0.3 is 5.91 Å². The standard InChI is InChI=1S/C8H4INO2/c9-10-6-4-2-1-3-5(6)7(11)8(10)12/h1-4H. The van der Waals surface area contributed by atoms with E-state index in [-0.39, 0.29) is 0 Å². The van der Waals surface area contributed by atoms with Crippen LogP contribution in [0.25, 0.3) is 0 Å². The average molecular weight is 273 g/mol. The van der Waals surface area contributed by atoms with Crippen LogP contribution in [0.3, 0.4) is 0 Å². The Hall–Kier alpha value is -0.910. The predicted molar refractivity (Wildman–Crippen MR) is 52.3 cm³/mol. The van der Waals surface area contributed by atoms with Crippen molar-refractivity contribution in [3.63, 3.8) is 0 Å². The lowest BCUT2D eigenvalue weighted by molar-refractivity contribution is -0.112. The van der Waals surface area contributed by atoms with Crippen molar-refractivity contribution < 1.29 is 9.59 Å². The molecule has 0 spiro atoms. The number of carbonyl (C=O) groups excluding carboxylic acids is 2. The number of hydrogen-bond donors (Lipinski definition) is 0. The maximum absolute atomic E-state index is 11.2. The minimum atomic E-state index is -0.461. The third-order valence-corrected chi connectivity index (χ3v) is 2.69. The van der Waals surface area contributed by atoms with Crippen LogP contribution in [0.15, 0.2) is 24.3 Å². The van der Waals surface area contributed by atoms with E-state index in [1.807, 2.05) is 22.9 Å². The largest absolute Gasteiger partial charge is 0.308 e. The summed E-state index contributed by atoms with van der Waals surface area (Å²) in [6.07, 6.45) is 0. The van der Waals surface area contributed by atoms with Gasteiger partial charge in [0, 0.05) is 0 Å². The normalized spacial score (nSPS) is 15.2. The topological polar surface area (TPSA) is 37.4 Å². The van der Waals surface area contributed by atoms with Gasteiger partial charge in [0.25, 0.3) is 5.78 Å². The van der Waals surface area contributed by atoms with Crippen molar-refractivity contribution >= 4 is 40.2 Å². The van der Waals surface area contributed by atoms with Gasteiger partial charge in [0.1, 0.15) is 0 Å². The number of rotatable bonds is 0. The van der Waals surface area contributed by atoms with Crippen LogP contribution in [0.5, 0.6) is 0 Å². The van der Waals surface area contributed by atoms with Gasteiger partial charge in [0.2, 0.25) is 0 Å². The van der Waals surface area contributed by atoms with Crippen LogP contribution in [0, 0.1) is 0 Å². The molecule has 1 aromatic rings. The van der Waals surface area contributed by atoms with Crippen molar-refractivity contribution in [2.24, 2.45) is 0 Å². The first-order valence-corrected chi connectivity index (χ1v) is 4.32. The second kappa shape index (κ2) is 2.55. The average Bonchev–Trinajstić information content (AvgIpc) is 2.33. The minimum absolute atomic E-state index is 0.417. The predicted octanol–water partition coefficient (Wildman–Crippen LogP) is 1.57. The summed E-state index contributed by atoms with van der Waals surface area (Å²) in [5.74, 6) is -0.878. The van der Waals surface area contributed by atoms with Gasteiger partial charge < -0.3 is 0 Å². The summed E-state index contributed by atoms with van der Waals surface area (Å²) in [4.78, 5) is 22.3. The molecule has 0 saturated carbocycles. The van der Waals surface area contributed by atoms with E-state index < -0.39 is 11.7 Å². The fourth-order valence-corrected chi connectivity index (χ4v) is 1.79. The minimum Gasteiger partial charge on any atom is -0.283 e. The van der Waals surface area contributed by atoms with E-state index in [1.54, 1.807) is 24.3 Å². The summed E-state index contributed by atoms with van der Waals surface area (Å²) in [6.45, 7) is 0. The Morgan fingerprint density at radius 3 is 2.50 bits per heavy atom. The van der Waals surface area contributed by atoms with Crippen molar-refractivity contribution in [1.29, 1.82) is 0 Å². The Morgan fingerprint density at radius 1 is 1.17 bits per heavy atom. The van der Waals surface area contributed by atoms with Crippen molar-refractivity contribution in [1.82, 2.24) is 0 Å². The van der Waals surface area contributed by atoms with Crippen LogP contribution >= 0.6 is 22.9 Å². The molecule has 0 aliphatic carbocycles. The molecule has 12 heavy (non-hydrogen) atoms. The third-order valence-electron chi connectivity index (χ3n) is 1.73. The number of halogens is 1. The SMILES string of the molecule is O=C1C(=O)N(I)c2ccccc21. The monoisotopic (exact) mass is 273 g/mol. The number of benzene rings is 1.